The van der Waals surface area contributed by atoms with Crippen molar-refractivity contribution in [1.82, 2.24) is 9.78 Å². The summed E-state index contributed by atoms with van der Waals surface area (Å²) in [5.41, 5.74) is 1.36. The lowest BCUT2D eigenvalue weighted by atomic mass is 10.3. The molecule has 0 radical (unpaired) electrons. The van der Waals surface area contributed by atoms with Crippen LogP contribution in [0.2, 0.25) is 5.02 Å². The number of hydrogen-bond acceptors (Lipinski definition) is 4. The zero-order valence-electron chi connectivity index (χ0n) is 10.5. The molecule has 1 aromatic heterocycles. The maximum absolute atomic E-state index is 10.6. The van der Waals surface area contributed by atoms with E-state index in [2.05, 4.69) is 10.4 Å². The van der Waals surface area contributed by atoms with Crippen LogP contribution >= 0.6 is 11.6 Å². The van der Waals surface area contributed by atoms with E-state index < -0.39 is 4.92 Å². The Bertz CT molecular complexity index is 610. The van der Waals surface area contributed by atoms with Crippen molar-refractivity contribution >= 4 is 28.7 Å². The first-order valence-electron chi connectivity index (χ1n) is 5.72. The van der Waals surface area contributed by atoms with E-state index in [-0.39, 0.29) is 11.7 Å². The molecule has 0 saturated carbocycles. The van der Waals surface area contributed by atoms with Gasteiger partial charge in [0, 0.05) is 24.4 Å². The van der Waals surface area contributed by atoms with Crippen molar-refractivity contribution in [1.29, 1.82) is 0 Å². The first-order chi connectivity index (χ1) is 8.97. The number of halogens is 1. The highest BCUT2D eigenvalue weighted by Crippen LogP contribution is 2.29. The number of nitro benzene ring substituents is 1. The molecule has 2 rings (SSSR count). The molecule has 0 aliphatic heterocycles. The Labute approximate surface area is 115 Å². The van der Waals surface area contributed by atoms with Gasteiger partial charge < -0.3 is 5.32 Å². The van der Waals surface area contributed by atoms with E-state index >= 15 is 0 Å². The van der Waals surface area contributed by atoms with Crippen LogP contribution in [0.25, 0.3) is 0 Å². The van der Waals surface area contributed by atoms with Crippen LogP contribution in [0, 0.1) is 10.1 Å². The summed E-state index contributed by atoms with van der Waals surface area (Å²) in [6.45, 7) is 4.05. The van der Waals surface area contributed by atoms with Crippen LogP contribution in [0.15, 0.2) is 30.6 Å². The Hall–Kier alpha value is -2.08. The zero-order valence-corrected chi connectivity index (χ0v) is 11.3. The minimum Gasteiger partial charge on any atom is -0.352 e. The summed E-state index contributed by atoms with van der Waals surface area (Å²) in [4.78, 5) is 10.1. The molecule has 0 amide bonds. The van der Waals surface area contributed by atoms with Crippen molar-refractivity contribution < 1.29 is 4.92 Å². The van der Waals surface area contributed by atoms with Gasteiger partial charge in [-0.05, 0) is 19.9 Å². The Morgan fingerprint density at radius 2 is 2.21 bits per heavy atom. The number of aromatic nitrogens is 2. The lowest BCUT2D eigenvalue weighted by Gasteiger charge is -2.06. The van der Waals surface area contributed by atoms with Gasteiger partial charge in [0.15, 0.2) is 0 Å². The molecular weight excluding hydrogens is 268 g/mol. The molecular formula is C12H13ClN4O2. The van der Waals surface area contributed by atoms with E-state index in [9.17, 15) is 10.1 Å². The molecule has 0 saturated heterocycles. The van der Waals surface area contributed by atoms with E-state index in [0.717, 1.165) is 5.69 Å². The van der Waals surface area contributed by atoms with E-state index in [1.54, 1.807) is 12.3 Å². The van der Waals surface area contributed by atoms with E-state index in [1.807, 2.05) is 24.7 Å². The van der Waals surface area contributed by atoms with Gasteiger partial charge in [0.2, 0.25) is 0 Å². The predicted octanol–water partition coefficient (Wildman–Crippen LogP) is 3.77. The maximum atomic E-state index is 10.6. The van der Waals surface area contributed by atoms with Gasteiger partial charge in [0.25, 0.3) is 5.69 Å². The number of nitrogens with zero attached hydrogens (tertiary/aromatic N) is 3. The molecule has 1 heterocycles. The quantitative estimate of drug-likeness (QED) is 0.683. The zero-order chi connectivity index (χ0) is 14.0. The molecule has 19 heavy (non-hydrogen) atoms. The molecule has 0 aliphatic rings. The summed E-state index contributed by atoms with van der Waals surface area (Å²) >= 11 is 6.00. The van der Waals surface area contributed by atoms with Crippen LogP contribution in [-0.4, -0.2) is 14.7 Å². The van der Waals surface area contributed by atoms with Gasteiger partial charge in [-0.3, -0.25) is 14.8 Å². The molecule has 0 fully saturated rings. The summed E-state index contributed by atoms with van der Waals surface area (Å²) in [5.74, 6) is 0. The van der Waals surface area contributed by atoms with Crippen LogP contribution in [0.3, 0.4) is 0 Å². The molecule has 100 valence electrons. The van der Waals surface area contributed by atoms with Crippen molar-refractivity contribution in [2.24, 2.45) is 0 Å². The predicted molar refractivity (Wildman–Crippen MR) is 74.0 cm³/mol. The van der Waals surface area contributed by atoms with Gasteiger partial charge in [-0.2, -0.15) is 5.10 Å². The Morgan fingerprint density at radius 1 is 1.47 bits per heavy atom. The van der Waals surface area contributed by atoms with Crippen molar-refractivity contribution in [3.8, 4) is 0 Å². The van der Waals surface area contributed by atoms with Gasteiger partial charge in [0.1, 0.15) is 0 Å². The second kappa shape index (κ2) is 5.27. The number of nitrogens with one attached hydrogen (secondary N) is 1. The molecule has 1 N–H and O–H groups in total. The Kier molecular flexibility index (Phi) is 3.71. The summed E-state index contributed by atoms with van der Waals surface area (Å²) in [5, 5.41) is 18.2. The normalized spacial score (nSPS) is 10.7. The van der Waals surface area contributed by atoms with Crippen LogP contribution in [0.5, 0.6) is 0 Å². The van der Waals surface area contributed by atoms with E-state index in [1.165, 1.54) is 12.1 Å². The third kappa shape index (κ3) is 3.03. The average molecular weight is 281 g/mol. The largest absolute Gasteiger partial charge is 0.352 e. The van der Waals surface area contributed by atoms with Gasteiger partial charge >= 0.3 is 0 Å². The lowest BCUT2D eigenvalue weighted by Crippen LogP contribution is -2.00. The number of anilines is 2. The maximum Gasteiger partial charge on any atom is 0.271 e. The second-order valence-electron chi connectivity index (χ2n) is 4.35. The van der Waals surface area contributed by atoms with Gasteiger partial charge in [-0.25, -0.2) is 0 Å². The standard InChI is InChI=1S/C12H13ClN4O2/c1-8(2)16-7-9(6-14-16)15-12-4-3-10(17(18)19)5-11(12)13/h3-8,15H,1-2H3. The fraction of sp³-hybridized carbons (Fsp3) is 0.250. The third-order valence-corrected chi connectivity index (χ3v) is 2.89. The molecule has 1 aromatic carbocycles. The van der Waals surface area contributed by atoms with Gasteiger partial charge in [-0.15, -0.1) is 0 Å². The fourth-order valence-corrected chi connectivity index (χ4v) is 1.78. The summed E-state index contributed by atoms with van der Waals surface area (Å²) in [7, 11) is 0. The van der Waals surface area contributed by atoms with Crippen molar-refractivity contribution in [2.45, 2.75) is 19.9 Å². The minimum absolute atomic E-state index is 0.0339. The van der Waals surface area contributed by atoms with E-state index in [0.29, 0.717) is 10.7 Å². The second-order valence-corrected chi connectivity index (χ2v) is 4.76. The number of non-ortho nitro benzene ring substituents is 1. The van der Waals surface area contributed by atoms with Crippen molar-refractivity contribution in [3.05, 3.63) is 45.7 Å². The molecule has 0 unspecified atom stereocenters. The first kappa shape index (κ1) is 13.4. The average Bonchev–Trinajstić information content (AvgIpc) is 2.80. The highest BCUT2D eigenvalue weighted by atomic mass is 35.5. The Morgan fingerprint density at radius 3 is 2.74 bits per heavy atom. The topological polar surface area (TPSA) is 73.0 Å². The number of hydrogen-bond donors (Lipinski definition) is 1. The van der Waals surface area contributed by atoms with Crippen molar-refractivity contribution in [2.75, 3.05) is 5.32 Å². The number of nitro groups is 1. The summed E-state index contributed by atoms with van der Waals surface area (Å²) < 4.78 is 1.81. The van der Waals surface area contributed by atoms with Gasteiger partial charge in [0.05, 0.1) is 27.5 Å². The van der Waals surface area contributed by atoms with Crippen LogP contribution in [0.1, 0.15) is 19.9 Å². The molecule has 0 atom stereocenters. The molecule has 0 spiro atoms. The van der Waals surface area contributed by atoms with E-state index in [4.69, 9.17) is 11.6 Å². The van der Waals surface area contributed by atoms with Gasteiger partial charge in [-0.1, -0.05) is 11.6 Å². The first-order valence-corrected chi connectivity index (χ1v) is 6.10. The van der Waals surface area contributed by atoms with Crippen molar-refractivity contribution in [3.63, 3.8) is 0 Å². The summed E-state index contributed by atoms with van der Waals surface area (Å²) in [6.07, 6.45) is 3.53. The van der Waals surface area contributed by atoms with Crippen LogP contribution in [-0.2, 0) is 0 Å². The molecule has 2 aromatic rings. The molecule has 6 nitrogen and oxygen atoms in total. The number of rotatable bonds is 4. The third-order valence-electron chi connectivity index (χ3n) is 2.57. The molecule has 7 heteroatoms. The summed E-state index contributed by atoms with van der Waals surface area (Å²) in [6, 6.07) is 4.56. The highest BCUT2D eigenvalue weighted by molar-refractivity contribution is 6.33. The monoisotopic (exact) mass is 280 g/mol. The lowest BCUT2D eigenvalue weighted by molar-refractivity contribution is -0.384. The van der Waals surface area contributed by atoms with Crippen LogP contribution in [0.4, 0.5) is 17.1 Å². The SMILES string of the molecule is CC(C)n1cc(Nc2ccc([N+](=O)[O-])cc2Cl)cn1. The molecule has 0 bridgehead atoms. The van der Waals surface area contributed by atoms with Crippen LogP contribution < -0.4 is 5.32 Å². The Balaban J connectivity index is 2.20. The highest BCUT2D eigenvalue weighted by Gasteiger charge is 2.10. The minimum atomic E-state index is -0.480. The fourth-order valence-electron chi connectivity index (χ4n) is 1.56. The number of benzene rings is 1. The smallest absolute Gasteiger partial charge is 0.271 e. The molecule has 0 aliphatic carbocycles.